The summed E-state index contributed by atoms with van der Waals surface area (Å²) in [7, 11) is 1.15. The lowest BCUT2D eigenvalue weighted by atomic mass is 10.1. The standard InChI is InChI=1S/C10H8ClF3O2S/c1-16-8-6(10(12,13)14)3-5(9(11)15)4-7(8)17-2/h3-4H,1-2H3. The van der Waals surface area contributed by atoms with Crippen LogP contribution in [0.3, 0.4) is 0 Å². The van der Waals surface area contributed by atoms with Crippen molar-refractivity contribution in [3.8, 4) is 5.75 Å². The van der Waals surface area contributed by atoms with Crippen LogP contribution in [0.5, 0.6) is 5.75 Å². The molecule has 7 heteroatoms. The minimum absolute atomic E-state index is 0.204. The zero-order valence-corrected chi connectivity index (χ0v) is 10.5. The maximum atomic E-state index is 12.8. The van der Waals surface area contributed by atoms with Gasteiger partial charge < -0.3 is 4.74 Å². The second-order valence-corrected chi connectivity index (χ2v) is 4.22. The lowest BCUT2D eigenvalue weighted by Crippen LogP contribution is -2.10. The normalized spacial score (nSPS) is 11.4. The topological polar surface area (TPSA) is 26.3 Å². The third-order valence-corrected chi connectivity index (χ3v) is 2.97. The summed E-state index contributed by atoms with van der Waals surface area (Å²) in [5.74, 6) is -0.299. The predicted molar refractivity (Wildman–Crippen MR) is 60.0 cm³/mol. The van der Waals surface area contributed by atoms with Gasteiger partial charge in [0, 0.05) is 5.56 Å². The van der Waals surface area contributed by atoms with E-state index in [9.17, 15) is 18.0 Å². The molecule has 1 aromatic carbocycles. The van der Waals surface area contributed by atoms with E-state index >= 15 is 0 Å². The number of alkyl halides is 3. The molecule has 2 nitrogen and oxygen atoms in total. The van der Waals surface area contributed by atoms with Crippen LogP contribution in [-0.4, -0.2) is 18.6 Å². The molecule has 0 spiro atoms. The third-order valence-electron chi connectivity index (χ3n) is 2.01. The molecule has 1 rings (SSSR count). The average molecular weight is 285 g/mol. The van der Waals surface area contributed by atoms with Crippen molar-refractivity contribution in [1.29, 1.82) is 0 Å². The first-order valence-corrected chi connectivity index (χ1v) is 5.94. The Morgan fingerprint density at radius 3 is 2.35 bits per heavy atom. The number of hydrogen-bond donors (Lipinski definition) is 0. The summed E-state index contributed by atoms with van der Waals surface area (Å²) in [4.78, 5) is 11.2. The molecular formula is C10H8ClF3O2S. The van der Waals surface area contributed by atoms with Gasteiger partial charge >= 0.3 is 6.18 Å². The summed E-state index contributed by atoms with van der Waals surface area (Å²) in [5.41, 5.74) is -1.21. The molecule has 0 heterocycles. The molecule has 0 N–H and O–H groups in total. The number of benzene rings is 1. The van der Waals surface area contributed by atoms with Gasteiger partial charge in [0.1, 0.15) is 5.75 Å². The molecule has 0 unspecified atom stereocenters. The van der Waals surface area contributed by atoms with Gasteiger partial charge in [0.15, 0.2) is 0 Å². The van der Waals surface area contributed by atoms with E-state index in [0.717, 1.165) is 18.9 Å². The highest BCUT2D eigenvalue weighted by atomic mass is 35.5. The highest BCUT2D eigenvalue weighted by Crippen LogP contribution is 2.42. The van der Waals surface area contributed by atoms with Gasteiger partial charge in [-0.1, -0.05) is 0 Å². The van der Waals surface area contributed by atoms with Crippen LogP contribution in [0.25, 0.3) is 0 Å². The van der Waals surface area contributed by atoms with Crippen LogP contribution in [0, 0.1) is 0 Å². The number of hydrogen-bond acceptors (Lipinski definition) is 3. The highest BCUT2D eigenvalue weighted by Gasteiger charge is 2.36. The first-order valence-electron chi connectivity index (χ1n) is 4.34. The van der Waals surface area contributed by atoms with Crippen LogP contribution in [0.15, 0.2) is 17.0 Å². The van der Waals surface area contributed by atoms with E-state index in [0.29, 0.717) is 6.07 Å². The van der Waals surface area contributed by atoms with E-state index in [2.05, 4.69) is 0 Å². The van der Waals surface area contributed by atoms with Gasteiger partial charge in [-0.05, 0) is 30.0 Å². The van der Waals surface area contributed by atoms with E-state index in [-0.39, 0.29) is 16.2 Å². The quantitative estimate of drug-likeness (QED) is 0.623. The first-order chi connectivity index (χ1) is 7.81. The molecule has 0 amide bonds. The summed E-state index contributed by atoms with van der Waals surface area (Å²) in [6.45, 7) is 0. The minimum Gasteiger partial charge on any atom is -0.495 e. The first kappa shape index (κ1) is 14.2. The van der Waals surface area contributed by atoms with E-state index in [1.165, 1.54) is 6.07 Å². The van der Waals surface area contributed by atoms with Gasteiger partial charge in [0.05, 0.1) is 17.6 Å². The van der Waals surface area contributed by atoms with Crippen LogP contribution in [0.2, 0.25) is 0 Å². The number of carbonyl (C=O) groups is 1. The van der Waals surface area contributed by atoms with E-state index in [1.807, 2.05) is 0 Å². The molecule has 0 aromatic heterocycles. The number of methoxy groups -OCH3 is 1. The Labute approximate surface area is 105 Å². The molecular weight excluding hydrogens is 277 g/mol. The van der Waals surface area contributed by atoms with E-state index < -0.39 is 17.0 Å². The molecule has 0 radical (unpaired) electrons. The monoisotopic (exact) mass is 284 g/mol. The largest absolute Gasteiger partial charge is 0.495 e. The zero-order chi connectivity index (χ0) is 13.2. The maximum absolute atomic E-state index is 12.8. The minimum atomic E-state index is -4.60. The molecule has 0 saturated heterocycles. The smallest absolute Gasteiger partial charge is 0.420 e. The fourth-order valence-electron chi connectivity index (χ4n) is 1.29. The molecule has 0 saturated carbocycles. The Balaban J connectivity index is 3.54. The molecule has 17 heavy (non-hydrogen) atoms. The molecule has 0 bridgehead atoms. The second-order valence-electron chi connectivity index (χ2n) is 3.03. The van der Waals surface area contributed by atoms with Crippen molar-refractivity contribution in [2.45, 2.75) is 11.1 Å². The number of halogens is 4. The van der Waals surface area contributed by atoms with Crippen LogP contribution < -0.4 is 4.74 Å². The van der Waals surface area contributed by atoms with Crippen LogP contribution >= 0.6 is 23.4 Å². The van der Waals surface area contributed by atoms with Crippen LogP contribution in [0.1, 0.15) is 15.9 Å². The summed E-state index contributed by atoms with van der Waals surface area (Å²) in [6.07, 6.45) is -3.02. The predicted octanol–water partition coefficient (Wildman–Crippen LogP) is 3.81. The van der Waals surface area contributed by atoms with Crippen molar-refractivity contribution in [2.75, 3.05) is 13.4 Å². The van der Waals surface area contributed by atoms with Crippen LogP contribution in [-0.2, 0) is 6.18 Å². The highest BCUT2D eigenvalue weighted by molar-refractivity contribution is 7.98. The fourth-order valence-corrected chi connectivity index (χ4v) is 2.02. The summed E-state index contributed by atoms with van der Waals surface area (Å²) in [6, 6.07) is 1.96. The summed E-state index contributed by atoms with van der Waals surface area (Å²) >= 11 is 6.24. The third kappa shape index (κ3) is 3.07. The van der Waals surface area contributed by atoms with Gasteiger partial charge in [0.25, 0.3) is 5.24 Å². The number of ether oxygens (including phenoxy) is 1. The second kappa shape index (κ2) is 5.18. The molecule has 0 aliphatic rings. The van der Waals surface area contributed by atoms with Gasteiger partial charge in [-0.3, -0.25) is 4.79 Å². The van der Waals surface area contributed by atoms with Crippen molar-refractivity contribution >= 4 is 28.6 Å². The lowest BCUT2D eigenvalue weighted by molar-refractivity contribution is -0.139. The molecule has 94 valence electrons. The summed E-state index contributed by atoms with van der Waals surface area (Å²) in [5, 5.41) is -0.937. The number of rotatable bonds is 3. The Kier molecular flexibility index (Phi) is 4.32. The van der Waals surface area contributed by atoms with Crippen molar-refractivity contribution in [2.24, 2.45) is 0 Å². The Morgan fingerprint density at radius 1 is 1.41 bits per heavy atom. The van der Waals surface area contributed by atoms with Crippen molar-refractivity contribution in [3.05, 3.63) is 23.3 Å². The lowest BCUT2D eigenvalue weighted by Gasteiger charge is -2.15. The maximum Gasteiger partial charge on any atom is 0.420 e. The van der Waals surface area contributed by atoms with Gasteiger partial charge in [-0.15, -0.1) is 11.8 Å². The SMILES string of the molecule is COc1c(SC)cc(C(=O)Cl)cc1C(F)(F)F. The van der Waals surface area contributed by atoms with Crippen LogP contribution in [0.4, 0.5) is 13.2 Å². The summed E-state index contributed by atoms with van der Waals surface area (Å²) < 4.78 is 43.0. The Bertz CT molecular complexity index is 446. The van der Waals surface area contributed by atoms with Gasteiger partial charge in [-0.25, -0.2) is 0 Å². The molecule has 1 aromatic rings. The van der Waals surface area contributed by atoms with Crippen molar-refractivity contribution < 1.29 is 22.7 Å². The van der Waals surface area contributed by atoms with Gasteiger partial charge in [-0.2, -0.15) is 13.2 Å². The fraction of sp³-hybridized carbons (Fsp3) is 0.300. The van der Waals surface area contributed by atoms with Crippen molar-refractivity contribution in [3.63, 3.8) is 0 Å². The Morgan fingerprint density at radius 2 is 2.00 bits per heavy atom. The Hall–Kier alpha value is -0.880. The average Bonchev–Trinajstić information content (AvgIpc) is 2.25. The van der Waals surface area contributed by atoms with E-state index in [1.54, 1.807) is 6.26 Å². The zero-order valence-electron chi connectivity index (χ0n) is 8.89. The van der Waals surface area contributed by atoms with E-state index in [4.69, 9.17) is 16.3 Å². The molecule has 0 aliphatic heterocycles. The number of thioether (sulfide) groups is 1. The molecule has 0 fully saturated rings. The number of carbonyl (C=O) groups excluding carboxylic acids is 1. The molecule has 0 atom stereocenters. The van der Waals surface area contributed by atoms with Crippen molar-refractivity contribution in [1.82, 2.24) is 0 Å². The van der Waals surface area contributed by atoms with Gasteiger partial charge in [0.2, 0.25) is 0 Å². The molecule has 0 aliphatic carbocycles.